The minimum atomic E-state index is -0.310. The van der Waals surface area contributed by atoms with Crippen LogP contribution in [0.15, 0.2) is 79.0 Å². The van der Waals surface area contributed by atoms with Crippen LogP contribution in [0, 0.1) is 5.82 Å². The Hall–Kier alpha value is -3.67. The van der Waals surface area contributed by atoms with Gasteiger partial charge in [0.2, 0.25) is 11.8 Å². The molecule has 0 aliphatic rings. The van der Waals surface area contributed by atoms with Gasteiger partial charge in [0.05, 0.1) is 0 Å². The topological polar surface area (TPSA) is 60.5 Å². The van der Waals surface area contributed by atoms with Crippen LogP contribution >= 0.6 is 0 Å². The van der Waals surface area contributed by atoms with E-state index in [-0.39, 0.29) is 11.7 Å². The Morgan fingerprint density at radius 2 is 1.72 bits per heavy atom. The van der Waals surface area contributed by atoms with Gasteiger partial charge in [0.15, 0.2) is 0 Å². The van der Waals surface area contributed by atoms with E-state index in [2.05, 4.69) is 10.3 Å². The lowest BCUT2D eigenvalue weighted by atomic mass is 10.2. The molecule has 0 unspecified atom stereocenters. The van der Waals surface area contributed by atoms with Crippen molar-refractivity contribution in [3.8, 4) is 11.6 Å². The zero-order valence-electron chi connectivity index (χ0n) is 15.8. The summed E-state index contributed by atoms with van der Waals surface area (Å²) in [7, 11) is 0. The van der Waals surface area contributed by atoms with Crippen LogP contribution in [0.4, 0.5) is 4.39 Å². The summed E-state index contributed by atoms with van der Waals surface area (Å²) in [5.41, 5.74) is 1.60. The van der Waals surface area contributed by atoms with Crippen LogP contribution in [-0.2, 0) is 11.3 Å². The number of rotatable bonds is 9. The molecular weight excluding hydrogens is 371 g/mol. The van der Waals surface area contributed by atoms with Gasteiger partial charge >= 0.3 is 0 Å². The molecule has 5 nitrogen and oxygen atoms in total. The van der Waals surface area contributed by atoms with Crippen molar-refractivity contribution in [1.29, 1.82) is 0 Å². The quantitative estimate of drug-likeness (QED) is 0.442. The predicted molar refractivity (Wildman–Crippen MR) is 109 cm³/mol. The van der Waals surface area contributed by atoms with Crippen molar-refractivity contribution in [2.24, 2.45) is 0 Å². The number of benzene rings is 2. The molecule has 3 rings (SSSR count). The van der Waals surface area contributed by atoms with Gasteiger partial charge in [-0.25, -0.2) is 9.37 Å². The third-order valence-corrected chi connectivity index (χ3v) is 3.91. The van der Waals surface area contributed by atoms with Crippen molar-refractivity contribution in [3.63, 3.8) is 0 Å². The van der Waals surface area contributed by atoms with Crippen molar-refractivity contribution >= 4 is 12.0 Å². The smallest absolute Gasteiger partial charge is 0.244 e. The Kier molecular flexibility index (Phi) is 7.34. The monoisotopic (exact) mass is 392 g/mol. The average molecular weight is 392 g/mol. The van der Waals surface area contributed by atoms with Gasteiger partial charge in [0, 0.05) is 24.9 Å². The standard InChI is InChI=1S/C23H21FN2O3/c24-20-10-6-18(7-11-20)8-12-22(27)25-16-19-9-13-23(26-17-19)29-15-14-28-21-4-2-1-3-5-21/h1-13,17H,14-16H2,(H,25,27)/b12-8+. The van der Waals surface area contributed by atoms with Gasteiger partial charge in [-0.2, -0.15) is 0 Å². The SMILES string of the molecule is O=C(/C=C/c1ccc(F)cc1)NCc1ccc(OCCOc2ccccc2)nc1. The number of amides is 1. The number of para-hydroxylation sites is 1. The molecule has 3 aromatic rings. The van der Waals surface area contributed by atoms with Crippen LogP contribution in [0.5, 0.6) is 11.6 Å². The zero-order chi connectivity index (χ0) is 20.3. The van der Waals surface area contributed by atoms with Gasteiger partial charge in [-0.05, 0) is 41.5 Å². The summed E-state index contributed by atoms with van der Waals surface area (Å²) in [5.74, 6) is 0.736. The lowest BCUT2D eigenvalue weighted by Gasteiger charge is -2.08. The summed E-state index contributed by atoms with van der Waals surface area (Å²) in [6.07, 6.45) is 4.68. The lowest BCUT2D eigenvalue weighted by molar-refractivity contribution is -0.116. The van der Waals surface area contributed by atoms with Crippen LogP contribution in [0.25, 0.3) is 6.08 Å². The maximum atomic E-state index is 12.9. The van der Waals surface area contributed by atoms with Gasteiger partial charge in [0.25, 0.3) is 0 Å². The summed E-state index contributed by atoms with van der Waals surface area (Å²) >= 11 is 0. The molecule has 1 aromatic heterocycles. The molecule has 29 heavy (non-hydrogen) atoms. The Morgan fingerprint density at radius 3 is 2.45 bits per heavy atom. The van der Waals surface area contributed by atoms with E-state index in [9.17, 15) is 9.18 Å². The molecule has 148 valence electrons. The summed E-state index contributed by atoms with van der Waals surface area (Å²) in [6.45, 7) is 1.15. The van der Waals surface area contributed by atoms with E-state index in [1.807, 2.05) is 36.4 Å². The van der Waals surface area contributed by atoms with E-state index in [1.165, 1.54) is 18.2 Å². The van der Waals surface area contributed by atoms with E-state index >= 15 is 0 Å². The minimum absolute atomic E-state index is 0.243. The molecule has 0 atom stereocenters. The van der Waals surface area contributed by atoms with E-state index in [0.29, 0.717) is 25.6 Å². The van der Waals surface area contributed by atoms with Gasteiger partial charge < -0.3 is 14.8 Å². The highest BCUT2D eigenvalue weighted by Gasteiger charge is 2.00. The van der Waals surface area contributed by atoms with Crippen molar-refractivity contribution in [3.05, 3.63) is 95.9 Å². The molecule has 0 saturated heterocycles. The molecule has 1 N–H and O–H groups in total. The summed E-state index contributed by atoms with van der Waals surface area (Å²) in [4.78, 5) is 16.1. The first-order chi connectivity index (χ1) is 14.2. The molecule has 0 saturated carbocycles. The Balaban J connectivity index is 1.37. The highest BCUT2D eigenvalue weighted by molar-refractivity contribution is 5.91. The van der Waals surface area contributed by atoms with Gasteiger partial charge in [-0.15, -0.1) is 0 Å². The molecule has 2 aromatic carbocycles. The van der Waals surface area contributed by atoms with E-state index in [0.717, 1.165) is 16.9 Å². The fourth-order valence-corrected chi connectivity index (χ4v) is 2.42. The first-order valence-electron chi connectivity index (χ1n) is 9.16. The first-order valence-corrected chi connectivity index (χ1v) is 9.16. The Labute approximate surface area is 168 Å². The molecule has 0 aliphatic heterocycles. The zero-order valence-corrected chi connectivity index (χ0v) is 15.8. The highest BCUT2D eigenvalue weighted by atomic mass is 19.1. The highest BCUT2D eigenvalue weighted by Crippen LogP contribution is 2.10. The number of carbonyl (C=O) groups is 1. The number of pyridine rings is 1. The molecule has 0 fully saturated rings. The number of nitrogens with zero attached hydrogens (tertiary/aromatic N) is 1. The van der Waals surface area contributed by atoms with Crippen LogP contribution in [0.2, 0.25) is 0 Å². The van der Waals surface area contributed by atoms with Gasteiger partial charge in [-0.1, -0.05) is 36.4 Å². The predicted octanol–water partition coefficient (Wildman–Crippen LogP) is 4.01. The minimum Gasteiger partial charge on any atom is -0.490 e. The number of hydrogen-bond donors (Lipinski definition) is 1. The van der Waals surface area contributed by atoms with Crippen molar-refractivity contribution in [2.45, 2.75) is 6.54 Å². The molecule has 1 amide bonds. The number of aromatic nitrogens is 1. The summed E-state index contributed by atoms with van der Waals surface area (Å²) < 4.78 is 24.0. The van der Waals surface area contributed by atoms with Gasteiger partial charge in [-0.3, -0.25) is 4.79 Å². The average Bonchev–Trinajstić information content (AvgIpc) is 2.76. The molecule has 0 aliphatic carbocycles. The Morgan fingerprint density at radius 1 is 0.966 bits per heavy atom. The molecule has 0 radical (unpaired) electrons. The van der Waals surface area contributed by atoms with E-state index in [4.69, 9.17) is 9.47 Å². The second-order valence-corrected chi connectivity index (χ2v) is 6.12. The summed E-state index contributed by atoms with van der Waals surface area (Å²) in [5, 5.41) is 2.77. The number of carbonyl (C=O) groups excluding carboxylic acids is 1. The molecule has 1 heterocycles. The van der Waals surface area contributed by atoms with Crippen LogP contribution < -0.4 is 14.8 Å². The molecular formula is C23H21FN2O3. The number of nitrogens with one attached hydrogen (secondary N) is 1. The maximum Gasteiger partial charge on any atom is 0.244 e. The summed E-state index contributed by atoms with van der Waals surface area (Å²) in [6, 6.07) is 19.0. The lowest BCUT2D eigenvalue weighted by Crippen LogP contribution is -2.20. The first kappa shape index (κ1) is 20.1. The van der Waals surface area contributed by atoms with Crippen LogP contribution in [-0.4, -0.2) is 24.1 Å². The number of ether oxygens (including phenoxy) is 2. The number of hydrogen-bond acceptors (Lipinski definition) is 4. The Bertz CT molecular complexity index is 927. The molecule has 6 heteroatoms. The normalized spacial score (nSPS) is 10.7. The van der Waals surface area contributed by atoms with Crippen LogP contribution in [0.3, 0.4) is 0 Å². The van der Waals surface area contributed by atoms with Crippen molar-refractivity contribution < 1.29 is 18.7 Å². The molecule has 0 spiro atoms. The third kappa shape index (κ3) is 7.10. The maximum absolute atomic E-state index is 12.9. The largest absolute Gasteiger partial charge is 0.490 e. The van der Waals surface area contributed by atoms with E-state index in [1.54, 1.807) is 30.5 Å². The second-order valence-electron chi connectivity index (χ2n) is 6.12. The van der Waals surface area contributed by atoms with E-state index < -0.39 is 0 Å². The van der Waals surface area contributed by atoms with Gasteiger partial charge in [0.1, 0.15) is 24.8 Å². The second kappa shape index (κ2) is 10.6. The fourth-order valence-electron chi connectivity index (χ4n) is 2.42. The fraction of sp³-hybridized carbons (Fsp3) is 0.130. The molecule has 0 bridgehead atoms. The van der Waals surface area contributed by atoms with Crippen molar-refractivity contribution in [1.82, 2.24) is 10.3 Å². The number of halogens is 1. The third-order valence-electron chi connectivity index (χ3n) is 3.91. The van der Waals surface area contributed by atoms with Crippen molar-refractivity contribution in [2.75, 3.05) is 13.2 Å². The van der Waals surface area contributed by atoms with Crippen LogP contribution in [0.1, 0.15) is 11.1 Å².